The summed E-state index contributed by atoms with van der Waals surface area (Å²) in [4.78, 5) is 11.8. The molecule has 0 spiro atoms. The zero-order valence-electron chi connectivity index (χ0n) is 9.78. The number of aryl methyl sites for hydroxylation is 1. The molecule has 0 saturated carbocycles. The number of halogens is 2. The number of aromatic nitrogens is 1. The van der Waals surface area contributed by atoms with Crippen molar-refractivity contribution in [1.29, 1.82) is 0 Å². The van der Waals surface area contributed by atoms with Gasteiger partial charge in [-0.15, -0.1) is 0 Å². The molecule has 0 aliphatic heterocycles. The second kappa shape index (κ2) is 5.35. The second-order valence-corrected chi connectivity index (χ2v) is 4.84. The fourth-order valence-corrected chi connectivity index (χ4v) is 2.05. The zero-order valence-corrected chi connectivity index (χ0v) is 11.4. The number of hydrogen-bond donors (Lipinski definition) is 1. The minimum atomic E-state index is -0.328. The van der Waals surface area contributed by atoms with Crippen LogP contribution >= 0.6 is 15.9 Å². The van der Waals surface area contributed by atoms with Gasteiger partial charge in [0.25, 0.3) is 5.91 Å². The highest BCUT2D eigenvalue weighted by Gasteiger charge is 2.09. The highest BCUT2D eigenvalue weighted by atomic mass is 79.9. The van der Waals surface area contributed by atoms with Crippen molar-refractivity contribution < 1.29 is 9.18 Å². The van der Waals surface area contributed by atoms with E-state index in [-0.39, 0.29) is 18.3 Å². The summed E-state index contributed by atoms with van der Waals surface area (Å²) in [5.74, 6) is -0.549. The lowest BCUT2D eigenvalue weighted by Crippen LogP contribution is -2.25. The van der Waals surface area contributed by atoms with Gasteiger partial charge in [0.15, 0.2) is 0 Å². The van der Waals surface area contributed by atoms with Crippen LogP contribution in [0.1, 0.15) is 16.1 Å². The quantitative estimate of drug-likeness (QED) is 0.929. The largest absolute Gasteiger partial charge is 0.347 e. The molecule has 1 N–H and O–H groups in total. The van der Waals surface area contributed by atoms with Gasteiger partial charge < -0.3 is 9.88 Å². The minimum absolute atomic E-state index is 0.162. The Morgan fingerprint density at radius 2 is 2.22 bits per heavy atom. The molecule has 94 valence electrons. The van der Waals surface area contributed by atoms with Gasteiger partial charge >= 0.3 is 0 Å². The first-order chi connectivity index (χ1) is 8.58. The summed E-state index contributed by atoms with van der Waals surface area (Å²) in [6.07, 6.45) is 1.79. The second-order valence-electron chi connectivity index (χ2n) is 3.92. The van der Waals surface area contributed by atoms with Gasteiger partial charge in [-0.1, -0.05) is 15.9 Å². The van der Waals surface area contributed by atoms with Gasteiger partial charge in [0.1, 0.15) is 11.5 Å². The Labute approximate surface area is 113 Å². The van der Waals surface area contributed by atoms with Gasteiger partial charge in [-0.05, 0) is 30.3 Å². The highest BCUT2D eigenvalue weighted by Crippen LogP contribution is 2.15. The molecule has 0 atom stereocenters. The number of nitrogens with one attached hydrogen (secondary N) is 1. The van der Waals surface area contributed by atoms with Crippen LogP contribution < -0.4 is 5.32 Å². The topological polar surface area (TPSA) is 34.0 Å². The number of hydrogen-bond acceptors (Lipinski definition) is 1. The first-order valence-corrected chi connectivity index (χ1v) is 6.20. The number of rotatable bonds is 3. The fraction of sp³-hybridized carbons (Fsp3) is 0.154. The highest BCUT2D eigenvalue weighted by molar-refractivity contribution is 9.10. The van der Waals surface area contributed by atoms with E-state index in [0.29, 0.717) is 11.3 Å². The molecule has 0 radical (unpaired) electrons. The summed E-state index contributed by atoms with van der Waals surface area (Å²) in [5, 5.41) is 2.69. The van der Waals surface area contributed by atoms with Crippen molar-refractivity contribution in [3.63, 3.8) is 0 Å². The van der Waals surface area contributed by atoms with Crippen molar-refractivity contribution in [2.45, 2.75) is 6.54 Å². The molecule has 2 aromatic rings. The van der Waals surface area contributed by atoms with Crippen LogP contribution in [0.25, 0.3) is 0 Å². The van der Waals surface area contributed by atoms with Gasteiger partial charge in [0, 0.05) is 29.8 Å². The molecule has 3 nitrogen and oxygen atoms in total. The van der Waals surface area contributed by atoms with E-state index in [1.807, 2.05) is 0 Å². The average Bonchev–Trinajstić information content (AvgIpc) is 2.76. The van der Waals surface area contributed by atoms with Gasteiger partial charge in [0.2, 0.25) is 0 Å². The van der Waals surface area contributed by atoms with Crippen LogP contribution in [0.5, 0.6) is 0 Å². The fourth-order valence-electron chi connectivity index (χ4n) is 1.64. The monoisotopic (exact) mass is 310 g/mol. The van der Waals surface area contributed by atoms with Crippen molar-refractivity contribution in [1.82, 2.24) is 9.88 Å². The molecular weight excluding hydrogens is 299 g/mol. The Bertz CT molecular complexity index is 580. The smallest absolute Gasteiger partial charge is 0.268 e. The van der Waals surface area contributed by atoms with E-state index in [2.05, 4.69) is 21.2 Å². The molecule has 0 unspecified atom stereocenters. The first kappa shape index (κ1) is 12.8. The number of carbonyl (C=O) groups is 1. The molecule has 0 aliphatic rings. The summed E-state index contributed by atoms with van der Waals surface area (Å²) >= 11 is 3.27. The summed E-state index contributed by atoms with van der Waals surface area (Å²) in [5.41, 5.74) is 0.998. The van der Waals surface area contributed by atoms with E-state index >= 15 is 0 Å². The zero-order chi connectivity index (χ0) is 13.1. The molecule has 1 heterocycles. The minimum Gasteiger partial charge on any atom is -0.347 e. The maximum atomic E-state index is 13.5. The van der Waals surface area contributed by atoms with Gasteiger partial charge in [0.05, 0.1) is 0 Å². The molecule has 1 aromatic carbocycles. The summed E-state index contributed by atoms with van der Waals surface area (Å²) in [6.45, 7) is 0.162. The summed E-state index contributed by atoms with van der Waals surface area (Å²) in [6, 6.07) is 8.15. The van der Waals surface area contributed by atoms with Crippen LogP contribution in [0.3, 0.4) is 0 Å². The Morgan fingerprint density at radius 3 is 2.89 bits per heavy atom. The third kappa shape index (κ3) is 2.79. The summed E-state index contributed by atoms with van der Waals surface area (Å²) in [7, 11) is 1.79. The molecule has 18 heavy (non-hydrogen) atoms. The maximum Gasteiger partial charge on any atom is 0.268 e. The lowest BCUT2D eigenvalue weighted by atomic mass is 10.2. The molecule has 2 rings (SSSR count). The standard InChI is InChI=1S/C13H12BrFN2O/c1-17-6-2-3-12(17)13(18)16-8-9-7-10(14)4-5-11(9)15/h2-7H,8H2,1H3,(H,16,18). The van der Waals surface area contributed by atoms with Crippen molar-refractivity contribution in [3.05, 3.63) is 58.1 Å². The van der Waals surface area contributed by atoms with Crippen LogP contribution in [0, 0.1) is 5.82 Å². The number of nitrogens with zero attached hydrogens (tertiary/aromatic N) is 1. The third-order valence-electron chi connectivity index (χ3n) is 2.62. The van der Waals surface area contributed by atoms with E-state index in [0.717, 1.165) is 4.47 Å². The van der Waals surface area contributed by atoms with Crippen molar-refractivity contribution in [2.75, 3.05) is 0 Å². The maximum absolute atomic E-state index is 13.5. The molecule has 0 aliphatic carbocycles. The van der Waals surface area contributed by atoms with Crippen molar-refractivity contribution in [3.8, 4) is 0 Å². The Balaban J connectivity index is 2.06. The molecule has 0 bridgehead atoms. The Kier molecular flexibility index (Phi) is 3.81. The first-order valence-electron chi connectivity index (χ1n) is 5.41. The van der Waals surface area contributed by atoms with Gasteiger partial charge in [-0.2, -0.15) is 0 Å². The predicted octanol–water partition coefficient (Wildman–Crippen LogP) is 2.86. The molecule has 0 saturated heterocycles. The Hall–Kier alpha value is -1.62. The normalized spacial score (nSPS) is 10.4. The lowest BCUT2D eigenvalue weighted by Gasteiger charge is -2.07. The summed E-state index contributed by atoms with van der Waals surface area (Å²) < 4.78 is 16.0. The van der Waals surface area contributed by atoms with Crippen LogP contribution in [0.4, 0.5) is 4.39 Å². The number of amides is 1. The van der Waals surface area contributed by atoms with Crippen molar-refractivity contribution in [2.24, 2.45) is 7.05 Å². The van der Waals surface area contributed by atoms with E-state index in [1.54, 1.807) is 42.1 Å². The van der Waals surface area contributed by atoms with E-state index < -0.39 is 0 Å². The van der Waals surface area contributed by atoms with E-state index in [1.165, 1.54) is 6.07 Å². The molecule has 5 heteroatoms. The van der Waals surface area contributed by atoms with E-state index in [4.69, 9.17) is 0 Å². The number of benzene rings is 1. The van der Waals surface area contributed by atoms with Crippen LogP contribution in [0.15, 0.2) is 41.0 Å². The van der Waals surface area contributed by atoms with Crippen LogP contribution in [-0.4, -0.2) is 10.5 Å². The molecular formula is C13H12BrFN2O. The SMILES string of the molecule is Cn1cccc1C(=O)NCc1cc(Br)ccc1F. The Morgan fingerprint density at radius 1 is 1.44 bits per heavy atom. The van der Waals surface area contributed by atoms with Crippen LogP contribution in [0.2, 0.25) is 0 Å². The predicted molar refractivity (Wildman–Crippen MR) is 70.7 cm³/mol. The van der Waals surface area contributed by atoms with Crippen LogP contribution in [-0.2, 0) is 13.6 Å². The number of carbonyl (C=O) groups excluding carboxylic acids is 1. The third-order valence-corrected chi connectivity index (χ3v) is 3.12. The molecule has 0 fully saturated rings. The molecule has 1 amide bonds. The van der Waals surface area contributed by atoms with Gasteiger partial charge in [-0.25, -0.2) is 4.39 Å². The van der Waals surface area contributed by atoms with E-state index in [9.17, 15) is 9.18 Å². The average molecular weight is 311 g/mol. The molecule has 1 aromatic heterocycles. The lowest BCUT2D eigenvalue weighted by molar-refractivity contribution is 0.0942. The van der Waals surface area contributed by atoms with Gasteiger partial charge in [-0.3, -0.25) is 4.79 Å². The van der Waals surface area contributed by atoms with Crippen molar-refractivity contribution >= 4 is 21.8 Å².